The fraction of sp³-hybridized carbons (Fsp3) is 0.526. The van der Waals surface area contributed by atoms with Crippen molar-refractivity contribution in [2.45, 2.75) is 48.6 Å². The highest BCUT2D eigenvalue weighted by molar-refractivity contribution is 7.99. The molecule has 4 N–H and O–H groups in total. The van der Waals surface area contributed by atoms with Crippen LogP contribution >= 0.6 is 23.4 Å². The number of nitrogens with zero attached hydrogens (tertiary/aromatic N) is 4. The lowest BCUT2D eigenvalue weighted by Crippen LogP contribution is -2.47. The highest BCUT2D eigenvalue weighted by Gasteiger charge is 2.45. The second kappa shape index (κ2) is 7.45. The number of halogens is 1. The van der Waals surface area contributed by atoms with E-state index < -0.39 is 0 Å². The van der Waals surface area contributed by atoms with Gasteiger partial charge in [0.25, 0.3) is 0 Å². The summed E-state index contributed by atoms with van der Waals surface area (Å²) in [4.78, 5) is 16.3. The Bertz CT molecular complexity index is 806. The van der Waals surface area contributed by atoms with E-state index in [2.05, 4.69) is 26.8 Å². The van der Waals surface area contributed by atoms with Crippen LogP contribution in [0.4, 0.5) is 11.6 Å². The minimum Gasteiger partial charge on any atom is -0.382 e. The molecule has 2 atom stereocenters. The van der Waals surface area contributed by atoms with Gasteiger partial charge in [0.15, 0.2) is 0 Å². The second-order valence-corrected chi connectivity index (χ2v) is 9.26. The molecule has 2 fully saturated rings. The molecule has 2 aromatic heterocycles. The first-order chi connectivity index (χ1) is 13.0. The van der Waals surface area contributed by atoms with E-state index in [0.29, 0.717) is 22.3 Å². The van der Waals surface area contributed by atoms with Gasteiger partial charge in [-0.3, -0.25) is 0 Å². The lowest BCUT2D eigenvalue weighted by molar-refractivity contribution is 0.192. The van der Waals surface area contributed by atoms with E-state index in [9.17, 15) is 0 Å². The van der Waals surface area contributed by atoms with Gasteiger partial charge >= 0.3 is 0 Å². The van der Waals surface area contributed by atoms with Crippen LogP contribution < -0.4 is 16.4 Å². The van der Waals surface area contributed by atoms with Gasteiger partial charge in [-0.2, -0.15) is 0 Å². The first kappa shape index (κ1) is 18.8. The second-order valence-electron chi connectivity index (χ2n) is 7.82. The van der Waals surface area contributed by atoms with Crippen molar-refractivity contribution in [2.75, 3.05) is 23.7 Å². The molecule has 1 aliphatic heterocycles. The van der Waals surface area contributed by atoms with Crippen LogP contribution in [0.3, 0.4) is 0 Å². The summed E-state index contributed by atoms with van der Waals surface area (Å²) in [5.74, 6) is 2.00. The monoisotopic (exact) mass is 404 g/mol. The molecule has 0 amide bonds. The summed E-state index contributed by atoms with van der Waals surface area (Å²) in [5, 5.41) is 1.24. The van der Waals surface area contributed by atoms with Gasteiger partial charge in [0.1, 0.15) is 16.7 Å². The molecular formula is C19H25ClN6S. The predicted molar refractivity (Wildman–Crippen MR) is 110 cm³/mol. The molecule has 0 aromatic carbocycles. The topological polar surface area (TPSA) is 94.0 Å². The zero-order valence-electron chi connectivity index (χ0n) is 15.4. The van der Waals surface area contributed by atoms with Crippen LogP contribution in [-0.4, -0.2) is 34.1 Å². The average molecular weight is 405 g/mol. The highest BCUT2D eigenvalue weighted by Crippen LogP contribution is 2.48. The molecule has 2 aromatic rings. The molecule has 2 aliphatic rings. The van der Waals surface area contributed by atoms with Crippen LogP contribution in [0.25, 0.3) is 0 Å². The summed E-state index contributed by atoms with van der Waals surface area (Å²) in [5.41, 5.74) is 12.5. The molecular weight excluding hydrogens is 380 g/mol. The lowest BCUT2D eigenvalue weighted by atomic mass is 9.74. The Kier molecular flexibility index (Phi) is 5.18. The summed E-state index contributed by atoms with van der Waals surface area (Å²) >= 11 is 7.64. The number of aromatic nitrogens is 3. The summed E-state index contributed by atoms with van der Waals surface area (Å²) in [6.07, 6.45) is 9.98. The first-order valence-electron chi connectivity index (χ1n) is 9.37. The van der Waals surface area contributed by atoms with Crippen molar-refractivity contribution in [1.29, 1.82) is 0 Å². The third kappa shape index (κ3) is 3.73. The van der Waals surface area contributed by atoms with Crippen LogP contribution in [0.5, 0.6) is 0 Å². The number of piperidine rings is 1. The SMILES string of the molecule is C[C@@H]1C[C@@H](N)C2(CCN(c3cnc(Sc4ccnc(N)c4Cl)cn3)CC2)C1. The molecule has 0 unspecified atom stereocenters. The van der Waals surface area contributed by atoms with Gasteiger partial charge in [-0.25, -0.2) is 15.0 Å². The fourth-order valence-electron chi connectivity index (χ4n) is 4.53. The number of rotatable bonds is 3. The Labute approximate surface area is 169 Å². The third-order valence-corrected chi connectivity index (χ3v) is 7.48. The molecule has 1 aliphatic carbocycles. The molecule has 1 spiro atoms. The van der Waals surface area contributed by atoms with Crippen molar-refractivity contribution in [3.63, 3.8) is 0 Å². The van der Waals surface area contributed by atoms with Gasteiger partial charge in [0.05, 0.1) is 17.4 Å². The highest BCUT2D eigenvalue weighted by atomic mass is 35.5. The van der Waals surface area contributed by atoms with Gasteiger partial charge in [0.2, 0.25) is 0 Å². The minimum atomic E-state index is 0.327. The van der Waals surface area contributed by atoms with Crippen LogP contribution in [0, 0.1) is 11.3 Å². The molecule has 3 heterocycles. The van der Waals surface area contributed by atoms with Crippen LogP contribution in [0.1, 0.15) is 32.6 Å². The molecule has 27 heavy (non-hydrogen) atoms. The van der Waals surface area contributed by atoms with Crippen molar-refractivity contribution < 1.29 is 0 Å². The zero-order valence-corrected chi connectivity index (χ0v) is 17.0. The summed E-state index contributed by atoms with van der Waals surface area (Å²) in [6.45, 7) is 4.31. The molecule has 8 heteroatoms. The molecule has 1 saturated heterocycles. The normalized spacial score (nSPS) is 24.5. The number of anilines is 2. The van der Waals surface area contributed by atoms with Crippen molar-refractivity contribution >= 4 is 35.0 Å². The first-order valence-corrected chi connectivity index (χ1v) is 10.6. The summed E-state index contributed by atoms with van der Waals surface area (Å²) in [7, 11) is 0. The van der Waals surface area contributed by atoms with Crippen LogP contribution in [-0.2, 0) is 0 Å². The maximum atomic E-state index is 6.46. The van der Waals surface area contributed by atoms with Gasteiger partial charge in [0, 0.05) is 30.2 Å². The summed E-state index contributed by atoms with van der Waals surface area (Å²) < 4.78 is 0. The molecule has 0 bridgehead atoms. The largest absolute Gasteiger partial charge is 0.382 e. The van der Waals surface area contributed by atoms with E-state index in [4.69, 9.17) is 23.1 Å². The summed E-state index contributed by atoms with van der Waals surface area (Å²) in [6, 6.07) is 2.17. The Hall–Kier alpha value is -1.57. The molecule has 4 rings (SSSR count). The van der Waals surface area contributed by atoms with E-state index >= 15 is 0 Å². The Morgan fingerprint density at radius 1 is 1.22 bits per heavy atom. The van der Waals surface area contributed by atoms with Crippen molar-refractivity contribution in [2.24, 2.45) is 17.1 Å². The van der Waals surface area contributed by atoms with Gasteiger partial charge in [-0.05, 0) is 43.1 Å². The Morgan fingerprint density at radius 3 is 2.63 bits per heavy atom. The van der Waals surface area contributed by atoms with E-state index in [1.54, 1.807) is 12.4 Å². The fourth-order valence-corrected chi connectivity index (χ4v) is 5.51. The standard InChI is InChI=1S/C19H25ClN6S/c1-12-8-14(21)19(9-12)3-6-26(7-4-19)15-10-25-16(11-24-15)27-13-2-5-23-18(22)17(13)20/h2,5,10-12,14H,3-4,6-9,21H2,1H3,(H2,22,23)/t12-,14-/m1/s1. The number of pyridine rings is 1. The Morgan fingerprint density at radius 2 is 2.00 bits per heavy atom. The maximum absolute atomic E-state index is 6.46. The van der Waals surface area contributed by atoms with Crippen molar-refractivity contribution in [1.82, 2.24) is 15.0 Å². The number of hydrogen-bond acceptors (Lipinski definition) is 7. The average Bonchev–Trinajstić information content (AvgIpc) is 2.93. The third-order valence-electron chi connectivity index (χ3n) is 5.99. The quantitative estimate of drug-likeness (QED) is 0.806. The van der Waals surface area contributed by atoms with Gasteiger partial charge in [-0.1, -0.05) is 30.3 Å². The van der Waals surface area contributed by atoms with E-state index in [1.807, 2.05) is 12.3 Å². The Balaban J connectivity index is 1.41. The number of hydrogen-bond donors (Lipinski definition) is 2. The van der Waals surface area contributed by atoms with Crippen LogP contribution in [0.15, 0.2) is 34.6 Å². The molecule has 1 saturated carbocycles. The zero-order chi connectivity index (χ0) is 19.0. The molecule has 6 nitrogen and oxygen atoms in total. The smallest absolute Gasteiger partial charge is 0.147 e. The number of nitrogen functional groups attached to an aromatic ring is 1. The number of nitrogens with two attached hydrogens (primary N) is 2. The van der Waals surface area contributed by atoms with Gasteiger partial charge < -0.3 is 16.4 Å². The van der Waals surface area contributed by atoms with Crippen LogP contribution in [0.2, 0.25) is 5.02 Å². The minimum absolute atomic E-state index is 0.327. The predicted octanol–water partition coefficient (Wildman–Crippen LogP) is 3.60. The van der Waals surface area contributed by atoms with E-state index in [0.717, 1.165) is 54.0 Å². The van der Waals surface area contributed by atoms with Gasteiger partial charge in [-0.15, -0.1) is 0 Å². The van der Waals surface area contributed by atoms with E-state index in [-0.39, 0.29) is 0 Å². The van der Waals surface area contributed by atoms with E-state index in [1.165, 1.54) is 18.2 Å². The maximum Gasteiger partial charge on any atom is 0.147 e. The van der Waals surface area contributed by atoms with Crippen molar-refractivity contribution in [3.8, 4) is 0 Å². The van der Waals surface area contributed by atoms with Crippen molar-refractivity contribution in [3.05, 3.63) is 29.7 Å². The molecule has 144 valence electrons. The molecule has 0 radical (unpaired) electrons. The lowest BCUT2D eigenvalue weighted by Gasteiger charge is -2.42.